The third-order valence-electron chi connectivity index (χ3n) is 4.22. The lowest BCUT2D eigenvalue weighted by Crippen LogP contribution is -2.37. The summed E-state index contributed by atoms with van der Waals surface area (Å²) in [6.45, 7) is 4.40. The van der Waals surface area contributed by atoms with Gasteiger partial charge in [-0.2, -0.15) is 0 Å². The number of carboxylic acids is 1. The van der Waals surface area contributed by atoms with E-state index in [1.54, 1.807) is 0 Å². The first-order valence-electron chi connectivity index (χ1n) is 7.27. The molecule has 2 atom stereocenters. The molecule has 20 heavy (non-hydrogen) atoms. The number of benzene rings is 1. The van der Waals surface area contributed by atoms with Gasteiger partial charge in [0.05, 0.1) is 0 Å². The van der Waals surface area contributed by atoms with Crippen LogP contribution in [0.15, 0.2) is 24.3 Å². The Labute approximate surface area is 134 Å². The molecule has 2 rings (SSSR count). The Morgan fingerprint density at radius 1 is 1.45 bits per heavy atom. The molecule has 1 saturated heterocycles. The molecule has 1 heterocycles. The van der Waals surface area contributed by atoms with E-state index in [4.69, 9.17) is 5.11 Å². The standard InChI is InChI=1S/C16H22INO2/c1-12(14-5-7-15(17)8-6-14)18-10-2-3-13(11-18)4-9-16(19)20/h5-8,12-13H,2-4,9-11H2,1H3,(H,19,20). The van der Waals surface area contributed by atoms with Crippen molar-refractivity contribution in [3.63, 3.8) is 0 Å². The number of rotatable bonds is 5. The largest absolute Gasteiger partial charge is 0.481 e. The van der Waals surface area contributed by atoms with E-state index in [0.29, 0.717) is 18.4 Å². The minimum absolute atomic E-state index is 0.302. The van der Waals surface area contributed by atoms with Crippen LogP contribution in [0.25, 0.3) is 0 Å². The van der Waals surface area contributed by atoms with Crippen molar-refractivity contribution in [3.05, 3.63) is 33.4 Å². The third-order valence-corrected chi connectivity index (χ3v) is 4.94. The highest BCUT2D eigenvalue weighted by Gasteiger charge is 2.24. The minimum Gasteiger partial charge on any atom is -0.481 e. The van der Waals surface area contributed by atoms with E-state index in [9.17, 15) is 4.79 Å². The van der Waals surface area contributed by atoms with Gasteiger partial charge in [-0.25, -0.2) is 0 Å². The molecule has 1 fully saturated rings. The van der Waals surface area contributed by atoms with Crippen LogP contribution in [0.2, 0.25) is 0 Å². The number of piperidine rings is 1. The number of aliphatic carboxylic acids is 1. The van der Waals surface area contributed by atoms with Crippen molar-refractivity contribution in [2.75, 3.05) is 13.1 Å². The molecule has 1 aromatic rings. The van der Waals surface area contributed by atoms with Crippen molar-refractivity contribution in [1.29, 1.82) is 0 Å². The molecule has 4 heteroatoms. The Balaban J connectivity index is 1.94. The zero-order valence-corrected chi connectivity index (χ0v) is 14.0. The second kappa shape index (κ2) is 7.41. The Hall–Kier alpha value is -0.620. The second-order valence-electron chi connectivity index (χ2n) is 5.66. The Bertz CT molecular complexity index is 446. The number of carboxylic acid groups (broad SMARTS) is 1. The van der Waals surface area contributed by atoms with Gasteiger partial charge < -0.3 is 5.11 Å². The van der Waals surface area contributed by atoms with Gasteiger partial charge in [0.25, 0.3) is 0 Å². The fraction of sp³-hybridized carbons (Fsp3) is 0.562. The first kappa shape index (κ1) is 15.8. The summed E-state index contributed by atoms with van der Waals surface area (Å²) in [5.41, 5.74) is 1.35. The van der Waals surface area contributed by atoms with Gasteiger partial charge in [0, 0.05) is 22.6 Å². The average molecular weight is 387 g/mol. The van der Waals surface area contributed by atoms with E-state index < -0.39 is 5.97 Å². The zero-order chi connectivity index (χ0) is 14.5. The number of hydrogen-bond donors (Lipinski definition) is 1. The first-order valence-corrected chi connectivity index (χ1v) is 8.35. The van der Waals surface area contributed by atoms with Crippen LogP contribution in [0, 0.1) is 9.49 Å². The van der Waals surface area contributed by atoms with Gasteiger partial charge in [-0.1, -0.05) is 12.1 Å². The quantitative estimate of drug-likeness (QED) is 0.779. The van der Waals surface area contributed by atoms with E-state index in [2.05, 4.69) is 58.7 Å². The highest BCUT2D eigenvalue weighted by atomic mass is 127. The Morgan fingerprint density at radius 2 is 2.15 bits per heavy atom. The van der Waals surface area contributed by atoms with Crippen molar-refractivity contribution < 1.29 is 9.90 Å². The molecule has 0 aromatic heterocycles. The van der Waals surface area contributed by atoms with Crippen LogP contribution in [0.1, 0.15) is 44.2 Å². The van der Waals surface area contributed by atoms with Crippen molar-refractivity contribution >= 4 is 28.6 Å². The smallest absolute Gasteiger partial charge is 0.303 e. The normalized spacial score (nSPS) is 21.6. The molecule has 1 aromatic carbocycles. The minimum atomic E-state index is -0.673. The zero-order valence-electron chi connectivity index (χ0n) is 11.9. The van der Waals surface area contributed by atoms with Crippen LogP contribution in [0.3, 0.4) is 0 Å². The lowest BCUT2D eigenvalue weighted by Gasteiger charge is -2.37. The molecule has 110 valence electrons. The van der Waals surface area contributed by atoms with Crippen LogP contribution in [0.5, 0.6) is 0 Å². The SMILES string of the molecule is CC(c1ccc(I)cc1)N1CCCC(CCC(=O)O)C1. The predicted molar refractivity (Wildman–Crippen MR) is 88.7 cm³/mol. The molecule has 1 aliphatic heterocycles. The van der Waals surface area contributed by atoms with Crippen molar-refractivity contribution in [2.45, 2.75) is 38.6 Å². The topological polar surface area (TPSA) is 40.5 Å². The summed E-state index contributed by atoms with van der Waals surface area (Å²) >= 11 is 2.33. The van der Waals surface area contributed by atoms with Crippen LogP contribution < -0.4 is 0 Å². The summed E-state index contributed by atoms with van der Waals surface area (Å²) in [4.78, 5) is 13.2. The summed E-state index contributed by atoms with van der Waals surface area (Å²) in [5.74, 6) is -0.140. The van der Waals surface area contributed by atoms with E-state index >= 15 is 0 Å². The van der Waals surface area contributed by atoms with E-state index in [0.717, 1.165) is 19.5 Å². The highest BCUT2D eigenvalue weighted by molar-refractivity contribution is 14.1. The van der Waals surface area contributed by atoms with Crippen LogP contribution in [0.4, 0.5) is 0 Å². The second-order valence-corrected chi connectivity index (χ2v) is 6.91. The van der Waals surface area contributed by atoms with Crippen molar-refractivity contribution in [1.82, 2.24) is 4.90 Å². The van der Waals surface area contributed by atoms with Crippen LogP contribution in [-0.4, -0.2) is 29.1 Å². The summed E-state index contributed by atoms with van der Waals surface area (Å²) in [6.07, 6.45) is 3.46. The molecule has 0 aliphatic carbocycles. The Kier molecular flexibility index (Phi) is 5.84. The van der Waals surface area contributed by atoms with Gasteiger partial charge >= 0.3 is 5.97 Å². The summed E-state index contributed by atoms with van der Waals surface area (Å²) in [7, 11) is 0. The predicted octanol–water partition coefficient (Wildman–Crippen LogP) is 3.93. The van der Waals surface area contributed by atoms with E-state index in [1.807, 2.05) is 0 Å². The van der Waals surface area contributed by atoms with Crippen LogP contribution in [-0.2, 0) is 4.79 Å². The number of carbonyl (C=O) groups is 1. The van der Waals surface area contributed by atoms with Gasteiger partial charge in [0.2, 0.25) is 0 Å². The molecule has 0 bridgehead atoms. The number of likely N-dealkylation sites (tertiary alicyclic amines) is 1. The number of nitrogens with zero attached hydrogens (tertiary/aromatic N) is 1. The summed E-state index contributed by atoms with van der Waals surface area (Å²) in [6, 6.07) is 9.12. The maximum Gasteiger partial charge on any atom is 0.303 e. The molecule has 0 radical (unpaired) electrons. The molecule has 1 N–H and O–H groups in total. The molecule has 3 nitrogen and oxygen atoms in total. The lowest BCUT2D eigenvalue weighted by molar-refractivity contribution is -0.137. The highest BCUT2D eigenvalue weighted by Crippen LogP contribution is 2.28. The number of hydrogen-bond acceptors (Lipinski definition) is 2. The molecular weight excluding hydrogens is 365 g/mol. The summed E-state index contributed by atoms with van der Waals surface area (Å²) < 4.78 is 1.26. The molecule has 0 saturated carbocycles. The molecule has 0 amide bonds. The van der Waals surface area contributed by atoms with Crippen molar-refractivity contribution in [2.24, 2.45) is 5.92 Å². The maximum atomic E-state index is 10.7. The molecule has 0 spiro atoms. The van der Waals surface area contributed by atoms with E-state index in [-0.39, 0.29) is 0 Å². The van der Waals surface area contributed by atoms with Gasteiger partial charge in [0.1, 0.15) is 0 Å². The van der Waals surface area contributed by atoms with Gasteiger partial charge in [-0.15, -0.1) is 0 Å². The fourth-order valence-electron chi connectivity index (χ4n) is 2.96. The first-order chi connectivity index (χ1) is 9.56. The molecular formula is C16H22INO2. The van der Waals surface area contributed by atoms with Gasteiger partial charge in [0.15, 0.2) is 0 Å². The fourth-order valence-corrected chi connectivity index (χ4v) is 3.32. The summed E-state index contributed by atoms with van der Waals surface area (Å²) in [5, 5.41) is 8.81. The molecule has 2 unspecified atom stereocenters. The van der Waals surface area contributed by atoms with E-state index in [1.165, 1.54) is 22.0 Å². The van der Waals surface area contributed by atoms with Gasteiger partial charge in [-0.3, -0.25) is 9.69 Å². The van der Waals surface area contributed by atoms with Crippen LogP contribution >= 0.6 is 22.6 Å². The lowest BCUT2D eigenvalue weighted by atomic mass is 9.91. The molecule has 1 aliphatic rings. The third kappa shape index (κ3) is 4.45. The average Bonchev–Trinajstić information content (AvgIpc) is 2.45. The Morgan fingerprint density at radius 3 is 2.80 bits per heavy atom. The monoisotopic (exact) mass is 387 g/mol. The number of halogens is 1. The van der Waals surface area contributed by atoms with Crippen molar-refractivity contribution in [3.8, 4) is 0 Å². The maximum absolute atomic E-state index is 10.7. The van der Waals surface area contributed by atoms with Gasteiger partial charge in [-0.05, 0) is 78.9 Å².